The van der Waals surface area contributed by atoms with Crippen molar-refractivity contribution in [3.05, 3.63) is 34.3 Å². The van der Waals surface area contributed by atoms with Crippen molar-refractivity contribution in [1.29, 1.82) is 0 Å². The van der Waals surface area contributed by atoms with Crippen LogP contribution in [0.1, 0.15) is 5.56 Å². The van der Waals surface area contributed by atoms with Crippen molar-refractivity contribution in [2.24, 2.45) is 10.7 Å². The van der Waals surface area contributed by atoms with Gasteiger partial charge in [-0.3, -0.25) is 4.99 Å². The molecule has 80 valence electrons. The van der Waals surface area contributed by atoms with E-state index < -0.39 is 0 Å². The van der Waals surface area contributed by atoms with E-state index >= 15 is 0 Å². The van der Waals surface area contributed by atoms with Gasteiger partial charge in [-0.05, 0) is 45.8 Å². The molecule has 0 aliphatic rings. The van der Waals surface area contributed by atoms with Crippen LogP contribution in [0.15, 0.2) is 33.7 Å². The predicted octanol–water partition coefficient (Wildman–Crippen LogP) is 2.46. The van der Waals surface area contributed by atoms with Crippen molar-refractivity contribution in [3.63, 3.8) is 0 Å². The van der Waals surface area contributed by atoms with Gasteiger partial charge in [0, 0.05) is 19.0 Å². The quantitative estimate of drug-likeness (QED) is 0.857. The lowest BCUT2D eigenvalue weighted by molar-refractivity contribution is 0.412. The van der Waals surface area contributed by atoms with Gasteiger partial charge in [0.1, 0.15) is 5.75 Å². The molecule has 0 bridgehead atoms. The Bertz CT molecular complexity index is 400. The lowest BCUT2D eigenvalue weighted by Crippen LogP contribution is -1.97. The molecule has 0 heterocycles. The van der Waals surface area contributed by atoms with Gasteiger partial charge < -0.3 is 10.5 Å². The second-order valence-electron chi connectivity index (χ2n) is 2.88. The van der Waals surface area contributed by atoms with Gasteiger partial charge >= 0.3 is 0 Å². The van der Waals surface area contributed by atoms with E-state index in [1.807, 2.05) is 18.2 Å². The number of ether oxygens (including phenoxy) is 1. The minimum atomic E-state index is 0.670. The Hall–Kier alpha value is -1.29. The van der Waals surface area contributed by atoms with Gasteiger partial charge in [0.05, 0.1) is 11.6 Å². The van der Waals surface area contributed by atoms with Crippen LogP contribution in [0, 0.1) is 0 Å². The molecule has 0 amide bonds. The van der Waals surface area contributed by atoms with E-state index in [-0.39, 0.29) is 0 Å². The number of hydrogen-bond acceptors (Lipinski definition) is 3. The number of methoxy groups -OCH3 is 1. The van der Waals surface area contributed by atoms with Crippen LogP contribution in [0.4, 0.5) is 0 Å². The summed E-state index contributed by atoms with van der Waals surface area (Å²) in [6.07, 6.45) is 3.42. The van der Waals surface area contributed by atoms with E-state index in [1.165, 1.54) is 0 Å². The summed E-state index contributed by atoms with van der Waals surface area (Å²) in [7, 11) is 3.33. The summed E-state index contributed by atoms with van der Waals surface area (Å²) in [6.45, 7) is 0. The first-order valence-corrected chi connectivity index (χ1v) is 5.20. The monoisotopic (exact) mass is 268 g/mol. The zero-order valence-electron chi connectivity index (χ0n) is 8.70. The molecule has 1 aromatic rings. The number of nitrogens with zero attached hydrogens (tertiary/aromatic N) is 1. The van der Waals surface area contributed by atoms with E-state index in [2.05, 4.69) is 20.9 Å². The van der Waals surface area contributed by atoms with Crippen molar-refractivity contribution >= 4 is 27.8 Å². The van der Waals surface area contributed by atoms with Crippen molar-refractivity contribution in [2.75, 3.05) is 14.2 Å². The second kappa shape index (κ2) is 5.56. The average molecular weight is 269 g/mol. The van der Waals surface area contributed by atoms with Gasteiger partial charge in [0.2, 0.25) is 0 Å². The number of aliphatic imine (C=N–C) groups is 1. The van der Waals surface area contributed by atoms with Crippen LogP contribution < -0.4 is 10.5 Å². The summed E-state index contributed by atoms with van der Waals surface area (Å²) in [4.78, 5) is 3.84. The average Bonchev–Trinajstić information content (AvgIpc) is 2.25. The molecule has 1 rings (SSSR count). The topological polar surface area (TPSA) is 47.6 Å². The first-order chi connectivity index (χ1) is 7.19. The zero-order valence-corrected chi connectivity index (χ0v) is 10.3. The fourth-order valence-electron chi connectivity index (χ4n) is 1.10. The Morgan fingerprint density at radius 1 is 1.53 bits per heavy atom. The van der Waals surface area contributed by atoms with Crippen LogP contribution in [0.3, 0.4) is 0 Å². The number of nitrogens with two attached hydrogens (primary N) is 1. The molecule has 2 N–H and O–H groups in total. The first-order valence-electron chi connectivity index (χ1n) is 4.41. The molecule has 0 aliphatic heterocycles. The second-order valence-corrected chi connectivity index (χ2v) is 3.73. The van der Waals surface area contributed by atoms with E-state index in [1.54, 1.807) is 26.4 Å². The van der Waals surface area contributed by atoms with E-state index in [0.29, 0.717) is 5.70 Å². The molecule has 0 fully saturated rings. The van der Waals surface area contributed by atoms with E-state index in [9.17, 15) is 0 Å². The van der Waals surface area contributed by atoms with Gasteiger partial charge in [0.15, 0.2) is 0 Å². The first kappa shape index (κ1) is 11.8. The predicted molar refractivity (Wildman–Crippen MR) is 67.3 cm³/mol. The molecule has 0 spiro atoms. The maximum Gasteiger partial charge on any atom is 0.133 e. The fourth-order valence-corrected chi connectivity index (χ4v) is 1.64. The van der Waals surface area contributed by atoms with Gasteiger partial charge in [-0.25, -0.2) is 0 Å². The summed E-state index contributed by atoms with van der Waals surface area (Å²) in [6, 6.07) is 5.68. The molecular formula is C11H13BrN2O. The normalized spacial score (nSPS) is 12.1. The molecule has 0 radical (unpaired) electrons. The number of benzene rings is 1. The molecule has 0 aromatic heterocycles. The van der Waals surface area contributed by atoms with Gasteiger partial charge in [-0.15, -0.1) is 0 Å². The number of hydrogen-bond donors (Lipinski definition) is 1. The Balaban J connectivity index is 3.02. The third kappa shape index (κ3) is 3.09. The highest BCUT2D eigenvalue weighted by Crippen LogP contribution is 2.26. The lowest BCUT2D eigenvalue weighted by Gasteiger charge is -2.05. The van der Waals surface area contributed by atoms with Crippen molar-refractivity contribution in [3.8, 4) is 5.75 Å². The number of rotatable bonds is 3. The van der Waals surface area contributed by atoms with Crippen LogP contribution >= 0.6 is 15.9 Å². The Morgan fingerprint density at radius 2 is 2.27 bits per heavy atom. The molecule has 0 aliphatic carbocycles. The summed E-state index contributed by atoms with van der Waals surface area (Å²) in [5.74, 6) is 0.788. The van der Waals surface area contributed by atoms with Crippen molar-refractivity contribution in [1.82, 2.24) is 0 Å². The lowest BCUT2D eigenvalue weighted by atomic mass is 10.1. The largest absolute Gasteiger partial charge is 0.496 e. The molecule has 1 aromatic carbocycles. The van der Waals surface area contributed by atoms with Crippen LogP contribution in [-0.4, -0.2) is 20.4 Å². The van der Waals surface area contributed by atoms with Gasteiger partial charge in [-0.1, -0.05) is 0 Å². The molecule has 15 heavy (non-hydrogen) atoms. The summed E-state index contributed by atoms with van der Waals surface area (Å²) in [5.41, 5.74) is 7.45. The van der Waals surface area contributed by atoms with E-state index in [4.69, 9.17) is 10.5 Å². The highest BCUT2D eigenvalue weighted by atomic mass is 79.9. The molecule has 0 unspecified atom stereocenters. The molecule has 3 nitrogen and oxygen atoms in total. The minimum Gasteiger partial charge on any atom is -0.496 e. The van der Waals surface area contributed by atoms with Crippen LogP contribution in [0.25, 0.3) is 5.70 Å². The molecule has 0 atom stereocenters. The standard InChI is InChI=1S/C11H13BrN2O/c1-14-6-5-10(13)8-3-4-11(15-2)9(12)7-8/h3-7H,13H2,1-2H3. The Labute approximate surface area is 97.8 Å². The van der Waals surface area contributed by atoms with Gasteiger partial charge in [-0.2, -0.15) is 0 Å². The highest BCUT2D eigenvalue weighted by Gasteiger charge is 2.02. The molecular weight excluding hydrogens is 256 g/mol. The van der Waals surface area contributed by atoms with Crippen molar-refractivity contribution < 1.29 is 4.74 Å². The smallest absolute Gasteiger partial charge is 0.133 e. The van der Waals surface area contributed by atoms with Crippen molar-refractivity contribution in [2.45, 2.75) is 0 Å². The van der Waals surface area contributed by atoms with E-state index in [0.717, 1.165) is 15.8 Å². The van der Waals surface area contributed by atoms with Crippen LogP contribution in [-0.2, 0) is 0 Å². The minimum absolute atomic E-state index is 0.670. The molecule has 0 saturated heterocycles. The summed E-state index contributed by atoms with van der Waals surface area (Å²) in [5, 5.41) is 0. The Morgan fingerprint density at radius 3 is 2.80 bits per heavy atom. The SMILES string of the molecule is CN=CC=C(N)c1ccc(OC)c(Br)c1. The zero-order chi connectivity index (χ0) is 11.3. The summed E-state index contributed by atoms with van der Waals surface area (Å²) < 4.78 is 6.01. The maximum atomic E-state index is 5.85. The van der Waals surface area contributed by atoms with Crippen LogP contribution in [0.2, 0.25) is 0 Å². The molecule has 4 heteroatoms. The number of halogens is 1. The molecule has 0 saturated carbocycles. The summed E-state index contributed by atoms with van der Waals surface area (Å²) >= 11 is 3.40. The highest BCUT2D eigenvalue weighted by molar-refractivity contribution is 9.10. The maximum absolute atomic E-state index is 5.85. The third-order valence-corrected chi connectivity index (χ3v) is 2.51. The Kier molecular flexibility index (Phi) is 4.37. The fraction of sp³-hybridized carbons (Fsp3) is 0.182. The van der Waals surface area contributed by atoms with Crippen LogP contribution in [0.5, 0.6) is 5.75 Å². The third-order valence-electron chi connectivity index (χ3n) is 1.89. The number of allylic oxidation sites excluding steroid dienone is 1. The van der Waals surface area contributed by atoms with Gasteiger partial charge in [0.25, 0.3) is 0 Å².